The van der Waals surface area contributed by atoms with Crippen LogP contribution in [0.3, 0.4) is 0 Å². The van der Waals surface area contributed by atoms with Crippen molar-refractivity contribution in [2.24, 2.45) is 11.7 Å². The Kier molecular flexibility index (Phi) is 21.0. The predicted octanol–water partition coefficient (Wildman–Crippen LogP) is -5.27. The van der Waals surface area contributed by atoms with Gasteiger partial charge in [-0.3, -0.25) is 38.4 Å². The lowest BCUT2D eigenvalue weighted by atomic mass is 9.97. The number of hydrogen-bond donors (Lipinski definition) is 13. The second-order valence-corrected chi connectivity index (χ2v) is 13.9. The average Bonchev–Trinajstić information content (AvgIpc) is 3.64. The van der Waals surface area contributed by atoms with E-state index in [-0.39, 0.29) is 30.4 Å². The van der Waals surface area contributed by atoms with E-state index in [1.54, 1.807) is 13.8 Å². The van der Waals surface area contributed by atoms with Crippen LogP contribution in [-0.2, 0) is 43.2 Å². The maximum Gasteiger partial charge on any atom is 0.327 e. The number of aliphatic hydroxyl groups excluding tert-OH is 2. The molecule has 0 unspecified atom stereocenters. The van der Waals surface area contributed by atoms with Crippen molar-refractivity contribution >= 4 is 78.5 Å². The van der Waals surface area contributed by atoms with Crippen molar-refractivity contribution in [3.8, 4) is 0 Å². The monoisotopic (exact) mass is 821 g/mol. The molecular formula is C32H55N9O12S2. The number of carbonyl (C=O) groups is 9. The lowest BCUT2D eigenvalue weighted by Gasteiger charge is -2.29. The zero-order chi connectivity index (χ0) is 42.2. The first kappa shape index (κ1) is 48.8. The molecule has 10 atom stereocenters. The third-order valence-electron chi connectivity index (χ3n) is 8.73. The van der Waals surface area contributed by atoms with Gasteiger partial charge in [-0.05, 0) is 39.5 Å². The Hall–Kier alpha value is -4.19. The largest absolute Gasteiger partial charge is 0.480 e. The zero-order valence-electron chi connectivity index (χ0n) is 31.4. The highest BCUT2D eigenvalue weighted by Gasteiger charge is 2.38. The summed E-state index contributed by atoms with van der Waals surface area (Å²) in [6.07, 6.45) is -1.87. The van der Waals surface area contributed by atoms with Crippen molar-refractivity contribution in [3.63, 3.8) is 0 Å². The van der Waals surface area contributed by atoms with Crippen LogP contribution in [0.4, 0.5) is 0 Å². The minimum Gasteiger partial charge on any atom is -0.480 e. The summed E-state index contributed by atoms with van der Waals surface area (Å²) in [5.41, 5.74) is 5.71. The number of carbonyl (C=O) groups excluding carboxylic acids is 8. The van der Waals surface area contributed by atoms with Gasteiger partial charge in [0.15, 0.2) is 0 Å². The minimum absolute atomic E-state index is 0.0190. The van der Waals surface area contributed by atoms with Crippen LogP contribution >= 0.6 is 25.3 Å². The van der Waals surface area contributed by atoms with Crippen LogP contribution in [0.15, 0.2) is 0 Å². The molecule has 0 saturated carbocycles. The molecule has 8 amide bonds. The Bertz CT molecular complexity index is 1410. The number of hydrogen-bond acceptors (Lipinski definition) is 14. The van der Waals surface area contributed by atoms with Gasteiger partial charge >= 0.3 is 5.97 Å². The topological polar surface area (TPSA) is 328 Å². The highest BCUT2D eigenvalue weighted by atomic mass is 32.1. The molecule has 1 heterocycles. The number of likely N-dealkylation sites (tertiary alicyclic amines) is 1. The molecule has 55 heavy (non-hydrogen) atoms. The molecule has 1 fully saturated rings. The lowest BCUT2D eigenvalue weighted by Crippen LogP contribution is -2.60. The molecule has 1 saturated heterocycles. The molecular weight excluding hydrogens is 767 g/mol. The second kappa shape index (κ2) is 23.7. The van der Waals surface area contributed by atoms with Crippen molar-refractivity contribution in [2.45, 2.75) is 108 Å². The maximum absolute atomic E-state index is 13.3. The normalized spacial score (nSPS) is 18.7. The summed E-state index contributed by atoms with van der Waals surface area (Å²) in [5, 5.41) is 46.0. The molecule has 1 rings (SSSR count). The molecule has 0 spiro atoms. The summed E-state index contributed by atoms with van der Waals surface area (Å²) < 4.78 is 0. The molecule has 0 radical (unpaired) electrons. The summed E-state index contributed by atoms with van der Waals surface area (Å²) >= 11 is 7.83. The summed E-state index contributed by atoms with van der Waals surface area (Å²) in [7, 11) is 0. The summed E-state index contributed by atoms with van der Waals surface area (Å²) in [6.45, 7) is 6.00. The summed E-state index contributed by atoms with van der Waals surface area (Å²) in [6, 6.07) is -8.79. The van der Waals surface area contributed by atoms with E-state index in [9.17, 15) is 53.4 Å². The molecule has 312 valence electrons. The Morgan fingerprint density at radius 3 is 1.78 bits per heavy atom. The number of rotatable bonds is 22. The number of aliphatic hydroxyl groups is 2. The van der Waals surface area contributed by atoms with Gasteiger partial charge < -0.3 is 63.2 Å². The molecule has 1 aliphatic heterocycles. The van der Waals surface area contributed by atoms with E-state index in [1.165, 1.54) is 20.8 Å². The van der Waals surface area contributed by atoms with Gasteiger partial charge in [-0.1, -0.05) is 20.3 Å². The number of aliphatic carboxylic acids is 1. The standard InChI is InChI=1S/C32H55N9O12S2/c1-6-14(2)23(38-27(47)18(33)12-54)31(51)40-25(17(5)43)30(50)35-11-22(45)41-9-7-8-20(41)28(48)39-24(16(4)42)29(49)34-10-21(44)36-15(3)26(46)37-19(13-55)32(52)53/h14-20,23-25,42-43,54-55H,6-13,33H2,1-5H3,(H,34,49)(H,35,50)(H,36,44)(H,37,46)(H,38,47)(H,39,48)(H,40,51)(H,52,53)/t14-,15-,16+,17+,18-,19-,20-,23-,24-,25-/m0/s1. The van der Waals surface area contributed by atoms with E-state index in [0.717, 1.165) is 4.90 Å². The molecule has 12 N–H and O–H groups in total. The van der Waals surface area contributed by atoms with E-state index < -0.39 is 121 Å². The molecule has 1 aliphatic rings. The fourth-order valence-electron chi connectivity index (χ4n) is 5.18. The molecule has 23 heteroatoms. The Labute approximate surface area is 329 Å². The predicted molar refractivity (Wildman–Crippen MR) is 202 cm³/mol. The SMILES string of the molecule is CC[C@H](C)[C@H](NC(=O)[C@@H](N)CS)C(=O)N[C@H](C(=O)NCC(=O)N1CCC[C@H]1C(=O)N[C@H](C(=O)NCC(=O)N[C@@H](C)C(=O)N[C@@H](CS)C(=O)O)[C@@H](C)O)[C@@H](C)O. The van der Waals surface area contributed by atoms with E-state index in [2.05, 4.69) is 62.5 Å². The Balaban J connectivity index is 2.85. The van der Waals surface area contributed by atoms with E-state index in [4.69, 9.17) is 10.8 Å². The van der Waals surface area contributed by atoms with Gasteiger partial charge in [-0.25, -0.2) is 4.79 Å². The third-order valence-corrected chi connectivity index (χ3v) is 9.49. The number of amides is 8. The van der Waals surface area contributed by atoms with Gasteiger partial charge in [0.25, 0.3) is 0 Å². The van der Waals surface area contributed by atoms with Crippen molar-refractivity contribution in [1.82, 2.24) is 42.1 Å². The Morgan fingerprint density at radius 1 is 0.727 bits per heavy atom. The minimum atomic E-state index is -1.57. The number of nitrogens with two attached hydrogens (primary N) is 1. The summed E-state index contributed by atoms with van der Waals surface area (Å²) in [4.78, 5) is 115. The van der Waals surface area contributed by atoms with Crippen molar-refractivity contribution in [2.75, 3.05) is 31.1 Å². The highest BCUT2D eigenvalue weighted by Crippen LogP contribution is 2.18. The first-order valence-corrected chi connectivity index (χ1v) is 18.9. The van der Waals surface area contributed by atoms with Crippen LogP contribution in [0, 0.1) is 5.92 Å². The molecule has 0 aliphatic carbocycles. The van der Waals surface area contributed by atoms with Crippen LogP contribution < -0.4 is 43.0 Å². The number of nitrogens with one attached hydrogen (secondary N) is 7. The quantitative estimate of drug-likeness (QED) is 0.0455. The highest BCUT2D eigenvalue weighted by molar-refractivity contribution is 7.80. The average molecular weight is 822 g/mol. The van der Waals surface area contributed by atoms with Gasteiger partial charge in [0.2, 0.25) is 47.3 Å². The van der Waals surface area contributed by atoms with Crippen LogP contribution in [0.2, 0.25) is 0 Å². The molecule has 0 aromatic heterocycles. The first-order valence-electron chi connectivity index (χ1n) is 17.6. The van der Waals surface area contributed by atoms with Gasteiger partial charge in [0, 0.05) is 18.1 Å². The van der Waals surface area contributed by atoms with Crippen molar-refractivity contribution < 1.29 is 58.5 Å². The molecule has 21 nitrogen and oxygen atoms in total. The number of carboxylic acids is 1. The number of nitrogens with zero attached hydrogens (tertiary/aromatic N) is 1. The molecule has 0 aromatic rings. The smallest absolute Gasteiger partial charge is 0.327 e. The summed E-state index contributed by atoms with van der Waals surface area (Å²) in [5.74, 6) is -8.36. The number of thiol groups is 2. The van der Waals surface area contributed by atoms with Gasteiger partial charge in [-0.15, -0.1) is 0 Å². The van der Waals surface area contributed by atoms with Crippen molar-refractivity contribution in [1.29, 1.82) is 0 Å². The van der Waals surface area contributed by atoms with E-state index in [1.807, 2.05) is 0 Å². The van der Waals surface area contributed by atoms with E-state index in [0.29, 0.717) is 12.8 Å². The van der Waals surface area contributed by atoms with Gasteiger partial charge in [-0.2, -0.15) is 25.3 Å². The molecule has 0 aromatic carbocycles. The van der Waals surface area contributed by atoms with Crippen LogP contribution in [-0.4, -0.2) is 159 Å². The fourth-order valence-corrected chi connectivity index (χ4v) is 5.59. The van der Waals surface area contributed by atoms with Crippen LogP contribution in [0.5, 0.6) is 0 Å². The van der Waals surface area contributed by atoms with Crippen LogP contribution in [0.1, 0.15) is 53.9 Å². The Morgan fingerprint density at radius 2 is 1.27 bits per heavy atom. The first-order chi connectivity index (χ1) is 25.7. The molecule has 0 bridgehead atoms. The lowest BCUT2D eigenvalue weighted by molar-refractivity contribution is -0.141. The van der Waals surface area contributed by atoms with Crippen LogP contribution in [0.25, 0.3) is 0 Å². The third kappa shape index (κ3) is 15.5. The van der Waals surface area contributed by atoms with Crippen molar-refractivity contribution in [3.05, 3.63) is 0 Å². The zero-order valence-corrected chi connectivity index (χ0v) is 33.2. The second-order valence-electron chi connectivity index (χ2n) is 13.2. The van der Waals surface area contributed by atoms with E-state index >= 15 is 0 Å². The fraction of sp³-hybridized carbons (Fsp3) is 0.719. The maximum atomic E-state index is 13.3. The van der Waals surface area contributed by atoms with Gasteiger partial charge in [0.05, 0.1) is 31.3 Å². The van der Waals surface area contributed by atoms with Gasteiger partial charge in [0.1, 0.15) is 36.3 Å². The number of carboxylic acid groups (broad SMARTS) is 1.